The highest BCUT2D eigenvalue weighted by atomic mass is 32.2. The normalized spacial score (nSPS) is 12.5. The van der Waals surface area contributed by atoms with E-state index in [1.807, 2.05) is 45.0 Å². The second-order valence-electron chi connectivity index (χ2n) is 5.18. The predicted molar refractivity (Wildman–Crippen MR) is 92.1 cm³/mol. The summed E-state index contributed by atoms with van der Waals surface area (Å²) in [5.74, 6) is 0.639. The fourth-order valence-electron chi connectivity index (χ4n) is 2.22. The molecule has 1 aromatic rings. The standard InChI is InChI=1S/C15H26N2O2S2/c1-4-15(5-2,6-3)17-21(18,19)11-10-20-14-9-7-8-13(16)12-14/h7-9,12,17H,4-6,10-11,16H2,1-3H3. The van der Waals surface area contributed by atoms with Crippen LogP contribution in [0.15, 0.2) is 29.2 Å². The summed E-state index contributed by atoms with van der Waals surface area (Å²) in [7, 11) is -3.26. The second kappa shape index (κ2) is 8.06. The zero-order valence-electron chi connectivity index (χ0n) is 13.1. The maximum Gasteiger partial charge on any atom is 0.212 e. The Hall–Kier alpha value is -0.720. The maximum atomic E-state index is 12.2. The minimum absolute atomic E-state index is 0.119. The summed E-state index contributed by atoms with van der Waals surface area (Å²) in [4.78, 5) is 0.998. The number of hydrogen-bond acceptors (Lipinski definition) is 4. The summed E-state index contributed by atoms with van der Waals surface area (Å²) < 4.78 is 27.3. The van der Waals surface area contributed by atoms with Gasteiger partial charge in [0.05, 0.1) is 5.75 Å². The van der Waals surface area contributed by atoms with E-state index in [-0.39, 0.29) is 11.3 Å². The monoisotopic (exact) mass is 330 g/mol. The van der Waals surface area contributed by atoms with Crippen molar-refractivity contribution in [2.45, 2.75) is 50.5 Å². The molecule has 0 aromatic heterocycles. The van der Waals surface area contributed by atoms with Gasteiger partial charge in [-0.2, -0.15) is 0 Å². The van der Waals surface area contributed by atoms with Crippen LogP contribution in [0.3, 0.4) is 0 Å². The summed E-state index contributed by atoms with van der Waals surface area (Å²) in [5.41, 5.74) is 6.10. The number of nitrogens with two attached hydrogens (primary N) is 1. The lowest BCUT2D eigenvalue weighted by molar-refractivity contribution is 0.342. The molecular formula is C15H26N2O2S2. The molecule has 0 aliphatic carbocycles. The van der Waals surface area contributed by atoms with Crippen LogP contribution in [0.25, 0.3) is 0 Å². The Morgan fingerprint density at radius 2 is 1.81 bits per heavy atom. The number of rotatable bonds is 9. The Morgan fingerprint density at radius 1 is 1.19 bits per heavy atom. The molecule has 0 fully saturated rings. The number of nitrogen functional groups attached to an aromatic ring is 1. The molecule has 0 aliphatic rings. The van der Waals surface area contributed by atoms with Gasteiger partial charge in [-0.15, -0.1) is 11.8 Å². The van der Waals surface area contributed by atoms with Gasteiger partial charge in [0.1, 0.15) is 0 Å². The summed E-state index contributed by atoms with van der Waals surface area (Å²) in [6.45, 7) is 6.07. The van der Waals surface area contributed by atoms with Crippen LogP contribution in [-0.2, 0) is 10.0 Å². The van der Waals surface area contributed by atoms with Crippen molar-refractivity contribution in [1.29, 1.82) is 0 Å². The lowest BCUT2D eigenvalue weighted by Gasteiger charge is -2.31. The van der Waals surface area contributed by atoms with Crippen LogP contribution >= 0.6 is 11.8 Å². The van der Waals surface area contributed by atoms with E-state index in [1.165, 1.54) is 11.8 Å². The predicted octanol–water partition coefficient (Wildman–Crippen LogP) is 3.25. The third-order valence-corrected chi connectivity index (χ3v) is 6.62. The Kier molecular flexibility index (Phi) is 7.03. The zero-order chi connectivity index (χ0) is 15.9. The van der Waals surface area contributed by atoms with Crippen molar-refractivity contribution in [3.8, 4) is 0 Å². The van der Waals surface area contributed by atoms with Crippen LogP contribution in [-0.4, -0.2) is 25.5 Å². The number of hydrogen-bond donors (Lipinski definition) is 2. The SMILES string of the molecule is CCC(CC)(CC)NS(=O)(=O)CCSc1cccc(N)c1. The maximum absolute atomic E-state index is 12.2. The molecule has 0 aliphatic heterocycles. The van der Waals surface area contributed by atoms with Crippen LogP contribution in [0.1, 0.15) is 40.0 Å². The molecule has 0 atom stereocenters. The lowest BCUT2D eigenvalue weighted by Crippen LogP contribution is -2.48. The first kappa shape index (κ1) is 18.3. The molecule has 0 heterocycles. The first-order chi connectivity index (χ1) is 9.86. The lowest BCUT2D eigenvalue weighted by atomic mass is 9.91. The van der Waals surface area contributed by atoms with E-state index in [4.69, 9.17) is 5.73 Å². The van der Waals surface area contributed by atoms with Gasteiger partial charge in [-0.3, -0.25) is 0 Å². The number of nitrogens with one attached hydrogen (secondary N) is 1. The average Bonchev–Trinajstić information content (AvgIpc) is 2.45. The van der Waals surface area contributed by atoms with Gasteiger partial charge in [-0.25, -0.2) is 13.1 Å². The molecule has 0 saturated carbocycles. The Morgan fingerprint density at radius 3 is 2.33 bits per heavy atom. The molecule has 0 saturated heterocycles. The van der Waals surface area contributed by atoms with E-state index in [0.29, 0.717) is 11.4 Å². The van der Waals surface area contributed by atoms with Crippen molar-refractivity contribution >= 4 is 27.5 Å². The topological polar surface area (TPSA) is 72.2 Å². The number of anilines is 1. The molecule has 3 N–H and O–H groups in total. The average molecular weight is 331 g/mol. The minimum Gasteiger partial charge on any atom is -0.399 e. The third-order valence-electron chi connectivity index (χ3n) is 3.88. The summed E-state index contributed by atoms with van der Waals surface area (Å²) in [6.07, 6.45) is 2.42. The van der Waals surface area contributed by atoms with Crippen molar-refractivity contribution in [2.24, 2.45) is 0 Å². The van der Waals surface area contributed by atoms with Gasteiger partial charge in [0.25, 0.3) is 0 Å². The third kappa shape index (κ3) is 5.88. The second-order valence-corrected chi connectivity index (χ2v) is 8.19. The number of thioether (sulfide) groups is 1. The van der Waals surface area contributed by atoms with Crippen molar-refractivity contribution < 1.29 is 8.42 Å². The molecule has 1 rings (SSSR count). The molecule has 0 radical (unpaired) electrons. The van der Waals surface area contributed by atoms with Gasteiger partial charge in [0.15, 0.2) is 0 Å². The molecule has 1 aromatic carbocycles. The van der Waals surface area contributed by atoms with E-state index >= 15 is 0 Å². The van der Waals surface area contributed by atoms with Crippen LogP contribution in [0, 0.1) is 0 Å². The van der Waals surface area contributed by atoms with E-state index in [2.05, 4.69) is 4.72 Å². The van der Waals surface area contributed by atoms with Crippen molar-refractivity contribution in [3.63, 3.8) is 0 Å². The first-order valence-electron chi connectivity index (χ1n) is 7.36. The van der Waals surface area contributed by atoms with Crippen LogP contribution in [0.2, 0.25) is 0 Å². The van der Waals surface area contributed by atoms with Gasteiger partial charge in [-0.05, 0) is 37.5 Å². The van der Waals surface area contributed by atoms with Crippen LogP contribution in [0.4, 0.5) is 5.69 Å². The molecular weight excluding hydrogens is 304 g/mol. The summed E-state index contributed by atoms with van der Waals surface area (Å²) >= 11 is 1.51. The van der Waals surface area contributed by atoms with E-state index in [1.54, 1.807) is 0 Å². The molecule has 21 heavy (non-hydrogen) atoms. The Labute approximate surface area is 132 Å². The van der Waals surface area contributed by atoms with Crippen molar-refractivity contribution in [1.82, 2.24) is 4.72 Å². The van der Waals surface area contributed by atoms with Gasteiger partial charge in [0, 0.05) is 21.9 Å². The van der Waals surface area contributed by atoms with Crippen LogP contribution < -0.4 is 10.5 Å². The Balaban J connectivity index is 2.57. The number of benzene rings is 1. The first-order valence-corrected chi connectivity index (χ1v) is 10.00. The summed E-state index contributed by atoms with van der Waals surface area (Å²) in [5, 5.41) is 0. The van der Waals surface area contributed by atoms with E-state index in [0.717, 1.165) is 24.2 Å². The molecule has 0 spiro atoms. The number of sulfonamides is 1. The Bertz CT molecular complexity index is 532. The smallest absolute Gasteiger partial charge is 0.212 e. The van der Waals surface area contributed by atoms with E-state index in [9.17, 15) is 8.42 Å². The molecule has 0 unspecified atom stereocenters. The highest BCUT2D eigenvalue weighted by molar-refractivity contribution is 8.00. The molecule has 0 bridgehead atoms. The minimum atomic E-state index is -3.26. The highest BCUT2D eigenvalue weighted by Crippen LogP contribution is 2.23. The zero-order valence-corrected chi connectivity index (χ0v) is 14.7. The van der Waals surface area contributed by atoms with E-state index < -0.39 is 10.0 Å². The quantitative estimate of drug-likeness (QED) is 0.538. The largest absolute Gasteiger partial charge is 0.399 e. The molecule has 6 heteroatoms. The molecule has 120 valence electrons. The van der Waals surface area contributed by atoms with Crippen molar-refractivity contribution in [2.75, 3.05) is 17.2 Å². The van der Waals surface area contributed by atoms with Crippen LogP contribution in [0.5, 0.6) is 0 Å². The molecule has 4 nitrogen and oxygen atoms in total. The van der Waals surface area contributed by atoms with Gasteiger partial charge in [0.2, 0.25) is 10.0 Å². The fourth-order valence-corrected chi connectivity index (χ4v) is 5.26. The van der Waals surface area contributed by atoms with Gasteiger partial charge in [-0.1, -0.05) is 26.8 Å². The fraction of sp³-hybridized carbons (Fsp3) is 0.600. The van der Waals surface area contributed by atoms with Gasteiger partial charge >= 0.3 is 0 Å². The van der Waals surface area contributed by atoms with Gasteiger partial charge < -0.3 is 5.73 Å². The highest BCUT2D eigenvalue weighted by Gasteiger charge is 2.28. The summed E-state index contributed by atoms with van der Waals surface area (Å²) in [6, 6.07) is 7.50. The molecule has 0 amide bonds. The van der Waals surface area contributed by atoms with Crippen molar-refractivity contribution in [3.05, 3.63) is 24.3 Å².